The van der Waals surface area contributed by atoms with Crippen molar-refractivity contribution in [1.82, 2.24) is 5.32 Å². The van der Waals surface area contributed by atoms with Crippen LogP contribution in [0.3, 0.4) is 0 Å². The molecular weight excluding hydrogens is 266 g/mol. The van der Waals surface area contributed by atoms with Crippen LogP contribution in [0.5, 0.6) is 0 Å². The zero-order valence-electron chi connectivity index (χ0n) is 12.3. The third-order valence-electron chi connectivity index (χ3n) is 4.20. The van der Waals surface area contributed by atoms with Crippen LogP contribution in [0.2, 0.25) is 0 Å². The zero-order chi connectivity index (χ0) is 14.8. The first-order chi connectivity index (χ1) is 10.2. The maximum Gasteiger partial charge on any atom is 0.247 e. The van der Waals surface area contributed by atoms with Crippen molar-refractivity contribution in [2.45, 2.75) is 44.7 Å². The van der Waals surface area contributed by atoms with Crippen molar-refractivity contribution >= 4 is 23.2 Å². The van der Waals surface area contributed by atoms with Crippen molar-refractivity contribution in [2.75, 3.05) is 16.8 Å². The maximum atomic E-state index is 12.2. The van der Waals surface area contributed by atoms with Gasteiger partial charge in [0.25, 0.3) is 0 Å². The van der Waals surface area contributed by atoms with E-state index >= 15 is 0 Å². The summed E-state index contributed by atoms with van der Waals surface area (Å²) in [4.78, 5) is 26.1. The number of anilines is 2. The predicted octanol–water partition coefficient (Wildman–Crippen LogP) is 1.89. The lowest BCUT2D eigenvalue weighted by atomic mass is 10.1. The fourth-order valence-electron chi connectivity index (χ4n) is 3.14. The molecule has 3 rings (SSSR count). The lowest BCUT2D eigenvalue weighted by Crippen LogP contribution is -2.44. The van der Waals surface area contributed by atoms with E-state index in [-0.39, 0.29) is 23.9 Å². The summed E-state index contributed by atoms with van der Waals surface area (Å²) in [7, 11) is 0. The molecule has 0 bridgehead atoms. The Kier molecular flexibility index (Phi) is 3.82. The molecule has 2 amide bonds. The van der Waals surface area contributed by atoms with Gasteiger partial charge in [0.05, 0.1) is 11.4 Å². The second kappa shape index (κ2) is 5.76. The van der Waals surface area contributed by atoms with Crippen molar-refractivity contribution in [3.05, 3.63) is 24.3 Å². The van der Waals surface area contributed by atoms with Crippen LogP contribution >= 0.6 is 0 Å². The standard InChI is InChI=1S/C16H21N3O2/c1-2-3-8-15(20)17-11-9-14-16(21)18-12-6-4-5-7-13(12)19(14)10-11/h4-7,11,14H,2-3,8-10H2,1H3,(H,17,20)(H,18,21). The summed E-state index contributed by atoms with van der Waals surface area (Å²) in [6.07, 6.45) is 3.18. The number of fused-ring (bicyclic) bond motifs is 3. The summed E-state index contributed by atoms with van der Waals surface area (Å²) >= 11 is 0. The molecule has 0 aromatic heterocycles. The normalized spacial score (nSPS) is 23.3. The number of nitrogens with zero attached hydrogens (tertiary/aromatic N) is 1. The zero-order valence-corrected chi connectivity index (χ0v) is 12.3. The van der Waals surface area contributed by atoms with E-state index in [2.05, 4.69) is 22.5 Å². The fraction of sp³-hybridized carbons (Fsp3) is 0.500. The lowest BCUT2D eigenvalue weighted by Gasteiger charge is -2.32. The van der Waals surface area contributed by atoms with E-state index in [1.807, 2.05) is 24.3 Å². The number of nitrogens with one attached hydrogen (secondary N) is 2. The summed E-state index contributed by atoms with van der Waals surface area (Å²) < 4.78 is 0. The molecular formula is C16H21N3O2. The summed E-state index contributed by atoms with van der Waals surface area (Å²) in [6.45, 7) is 2.78. The minimum atomic E-state index is -0.170. The Morgan fingerprint density at radius 2 is 2.24 bits per heavy atom. The van der Waals surface area contributed by atoms with Crippen molar-refractivity contribution in [3.8, 4) is 0 Å². The topological polar surface area (TPSA) is 61.4 Å². The highest BCUT2D eigenvalue weighted by atomic mass is 16.2. The van der Waals surface area contributed by atoms with Gasteiger partial charge in [0.15, 0.2) is 0 Å². The van der Waals surface area contributed by atoms with Crippen LogP contribution in [0, 0.1) is 0 Å². The van der Waals surface area contributed by atoms with Crippen molar-refractivity contribution in [3.63, 3.8) is 0 Å². The first kappa shape index (κ1) is 13.9. The van der Waals surface area contributed by atoms with Gasteiger partial charge in [-0.3, -0.25) is 9.59 Å². The van der Waals surface area contributed by atoms with Gasteiger partial charge in [-0.25, -0.2) is 0 Å². The van der Waals surface area contributed by atoms with Crippen LogP contribution in [0.25, 0.3) is 0 Å². The monoisotopic (exact) mass is 287 g/mol. The van der Waals surface area contributed by atoms with Crippen LogP contribution in [0.4, 0.5) is 11.4 Å². The van der Waals surface area contributed by atoms with Crippen molar-refractivity contribution in [2.24, 2.45) is 0 Å². The highest BCUT2D eigenvalue weighted by molar-refractivity contribution is 6.04. The van der Waals surface area contributed by atoms with E-state index in [9.17, 15) is 9.59 Å². The summed E-state index contributed by atoms with van der Waals surface area (Å²) in [5.74, 6) is 0.120. The number of para-hydroxylation sites is 2. The van der Waals surface area contributed by atoms with E-state index in [0.717, 1.165) is 24.2 Å². The van der Waals surface area contributed by atoms with Crippen molar-refractivity contribution < 1.29 is 9.59 Å². The fourth-order valence-corrected chi connectivity index (χ4v) is 3.14. The van der Waals surface area contributed by atoms with Gasteiger partial charge < -0.3 is 15.5 Å². The number of amides is 2. The van der Waals surface area contributed by atoms with E-state index in [1.54, 1.807) is 0 Å². The molecule has 1 aromatic carbocycles. The van der Waals surface area contributed by atoms with Gasteiger partial charge in [-0.15, -0.1) is 0 Å². The third kappa shape index (κ3) is 2.73. The molecule has 2 heterocycles. The smallest absolute Gasteiger partial charge is 0.247 e. The maximum absolute atomic E-state index is 12.2. The number of carbonyl (C=O) groups excluding carboxylic acids is 2. The molecule has 112 valence electrons. The quantitative estimate of drug-likeness (QED) is 0.889. The SMILES string of the molecule is CCCCC(=O)NC1CC2C(=O)Nc3ccccc3N2C1. The van der Waals surface area contributed by atoms with Gasteiger partial charge in [0, 0.05) is 19.0 Å². The number of hydrogen-bond acceptors (Lipinski definition) is 3. The van der Waals surface area contributed by atoms with Gasteiger partial charge in [-0.1, -0.05) is 25.5 Å². The summed E-state index contributed by atoms with van der Waals surface area (Å²) in [5.41, 5.74) is 1.91. The Hall–Kier alpha value is -2.04. The van der Waals surface area contributed by atoms with Crippen LogP contribution < -0.4 is 15.5 Å². The number of hydrogen-bond donors (Lipinski definition) is 2. The van der Waals surface area contributed by atoms with Crippen LogP contribution in [-0.2, 0) is 9.59 Å². The molecule has 2 N–H and O–H groups in total. The molecule has 2 atom stereocenters. The van der Waals surface area contributed by atoms with E-state index in [1.165, 1.54) is 0 Å². The molecule has 5 heteroatoms. The van der Waals surface area contributed by atoms with Gasteiger partial charge in [0.1, 0.15) is 6.04 Å². The van der Waals surface area contributed by atoms with Crippen LogP contribution in [-0.4, -0.2) is 30.4 Å². The molecule has 1 aromatic rings. The lowest BCUT2D eigenvalue weighted by molar-refractivity contribution is -0.122. The second-order valence-corrected chi connectivity index (χ2v) is 5.78. The summed E-state index contributed by atoms with van der Waals surface area (Å²) in [5, 5.41) is 6.01. The highest BCUT2D eigenvalue weighted by Crippen LogP contribution is 2.36. The number of benzene rings is 1. The van der Waals surface area contributed by atoms with Crippen molar-refractivity contribution in [1.29, 1.82) is 0 Å². The first-order valence-electron chi connectivity index (χ1n) is 7.65. The molecule has 0 spiro atoms. The van der Waals surface area contributed by atoms with E-state index < -0.39 is 0 Å². The second-order valence-electron chi connectivity index (χ2n) is 5.78. The Morgan fingerprint density at radius 1 is 1.43 bits per heavy atom. The Balaban J connectivity index is 1.70. The highest BCUT2D eigenvalue weighted by Gasteiger charge is 2.41. The minimum absolute atomic E-state index is 0.0269. The Labute approximate surface area is 124 Å². The Morgan fingerprint density at radius 3 is 3.05 bits per heavy atom. The molecule has 0 aliphatic carbocycles. The minimum Gasteiger partial charge on any atom is -0.356 e. The van der Waals surface area contributed by atoms with E-state index in [4.69, 9.17) is 0 Å². The van der Waals surface area contributed by atoms with Gasteiger partial charge >= 0.3 is 0 Å². The number of rotatable bonds is 4. The molecule has 21 heavy (non-hydrogen) atoms. The van der Waals surface area contributed by atoms with E-state index in [0.29, 0.717) is 19.4 Å². The largest absolute Gasteiger partial charge is 0.356 e. The number of carbonyl (C=O) groups is 2. The molecule has 1 saturated heterocycles. The molecule has 1 fully saturated rings. The predicted molar refractivity (Wildman–Crippen MR) is 82.3 cm³/mol. The first-order valence-corrected chi connectivity index (χ1v) is 7.65. The molecule has 0 radical (unpaired) electrons. The molecule has 0 saturated carbocycles. The van der Waals surface area contributed by atoms with Gasteiger partial charge in [-0.05, 0) is 25.0 Å². The number of unbranched alkanes of at least 4 members (excludes halogenated alkanes) is 1. The molecule has 2 unspecified atom stereocenters. The van der Waals surface area contributed by atoms with Crippen LogP contribution in [0.15, 0.2) is 24.3 Å². The third-order valence-corrected chi connectivity index (χ3v) is 4.20. The average molecular weight is 287 g/mol. The van der Waals surface area contributed by atoms with Crippen LogP contribution in [0.1, 0.15) is 32.6 Å². The molecule has 2 aliphatic heterocycles. The Bertz CT molecular complexity index is 558. The van der Waals surface area contributed by atoms with Gasteiger partial charge in [0.2, 0.25) is 11.8 Å². The van der Waals surface area contributed by atoms with Gasteiger partial charge in [-0.2, -0.15) is 0 Å². The average Bonchev–Trinajstić information content (AvgIpc) is 2.90. The molecule has 5 nitrogen and oxygen atoms in total. The summed E-state index contributed by atoms with van der Waals surface area (Å²) in [6, 6.07) is 7.70. The molecule has 2 aliphatic rings.